The molecule has 1 aromatic carbocycles. The summed E-state index contributed by atoms with van der Waals surface area (Å²) in [7, 11) is 1.90. The first kappa shape index (κ1) is 19.0. The topological polar surface area (TPSA) is 61.8 Å². The molecule has 0 unspecified atom stereocenters. The highest BCUT2D eigenvalue weighted by Gasteiger charge is 2.26. The molecule has 0 bridgehead atoms. The number of halogens is 1. The van der Waals surface area contributed by atoms with Crippen LogP contribution in [0.25, 0.3) is 11.2 Å². The summed E-state index contributed by atoms with van der Waals surface area (Å²) in [6, 6.07) is 7.23. The van der Waals surface area contributed by atoms with Gasteiger partial charge in [-0.15, -0.1) is 0 Å². The van der Waals surface area contributed by atoms with E-state index < -0.39 is 0 Å². The molecule has 7 heteroatoms. The molecule has 0 atom stereocenters. The maximum absolute atomic E-state index is 13.3. The van der Waals surface area contributed by atoms with Crippen LogP contribution in [0.15, 0.2) is 33.9 Å². The van der Waals surface area contributed by atoms with Crippen molar-refractivity contribution in [3.05, 3.63) is 61.5 Å². The van der Waals surface area contributed by atoms with Gasteiger partial charge >= 0.3 is 5.69 Å². The normalized spacial score (nSPS) is 15.0. The largest absolute Gasteiger partial charge is 0.333 e. The zero-order valence-electron chi connectivity index (χ0n) is 16.3. The van der Waals surface area contributed by atoms with Crippen molar-refractivity contribution in [3.8, 4) is 0 Å². The number of benzene rings is 1. The lowest BCUT2D eigenvalue weighted by Gasteiger charge is -2.11. The van der Waals surface area contributed by atoms with Gasteiger partial charge in [0.1, 0.15) is 5.82 Å². The molecule has 3 aromatic rings. The smallest absolute Gasteiger partial charge is 0.325 e. The van der Waals surface area contributed by atoms with Crippen LogP contribution in [-0.2, 0) is 20.1 Å². The molecule has 1 aliphatic carbocycles. The molecule has 0 amide bonds. The van der Waals surface area contributed by atoms with E-state index >= 15 is 0 Å². The highest BCUT2D eigenvalue weighted by atomic mass is 35.5. The summed E-state index contributed by atoms with van der Waals surface area (Å²) >= 11 is 5.96. The van der Waals surface area contributed by atoms with E-state index in [9.17, 15) is 9.59 Å². The van der Waals surface area contributed by atoms with E-state index in [0.29, 0.717) is 28.6 Å². The van der Waals surface area contributed by atoms with Gasteiger partial charge in [0.2, 0.25) is 0 Å². The third-order valence-electron chi connectivity index (χ3n) is 5.70. The van der Waals surface area contributed by atoms with Crippen LogP contribution in [-0.4, -0.2) is 18.7 Å². The summed E-state index contributed by atoms with van der Waals surface area (Å²) in [4.78, 5) is 31.2. The number of nitrogens with zero attached hydrogens (tertiary/aromatic N) is 4. The average molecular weight is 401 g/mol. The lowest BCUT2D eigenvalue weighted by atomic mass is 10.1. The second kappa shape index (κ2) is 7.59. The fraction of sp³-hybridized carbons (Fsp3) is 0.476. The van der Waals surface area contributed by atoms with Gasteiger partial charge in [-0.25, -0.2) is 9.78 Å². The minimum atomic E-state index is -0.301. The molecule has 1 fully saturated rings. The number of hydrogen-bond donors (Lipinski definition) is 0. The van der Waals surface area contributed by atoms with Crippen LogP contribution >= 0.6 is 11.6 Å². The zero-order valence-corrected chi connectivity index (χ0v) is 17.1. The Hall–Kier alpha value is -2.34. The van der Waals surface area contributed by atoms with Gasteiger partial charge in [-0.05, 0) is 37.0 Å². The summed E-state index contributed by atoms with van der Waals surface area (Å²) in [6.07, 6.45) is 5.36. The van der Waals surface area contributed by atoms with Gasteiger partial charge in [-0.2, -0.15) is 0 Å². The lowest BCUT2D eigenvalue weighted by molar-refractivity contribution is 0.588. The van der Waals surface area contributed by atoms with Crippen LogP contribution in [0.3, 0.4) is 0 Å². The van der Waals surface area contributed by atoms with Crippen molar-refractivity contribution < 1.29 is 0 Å². The Balaban J connectivity index is 1.92. The molecule has 2 heterocycles. The first-order valence-corrected chi connectivity index (χ1v) is 10.3. The Morgan fingerprint density at radius 2 is 1.79 bits per heavy atom. The van der Waals surface area contributed by atoms with Crippen molar-refractivity contribution in [2.45, 2.75) is 58.0 Å². The van der Waals surface area contributed by atoms with Gasteiger partial charge < -0.3 is 4.57 Å². The zero-order chi connectivity index (χ0) is 19.8. The minimum absolute atomic E-state index is 0.221. The maximum Gasteiger partial charge on any atom is 0.333 e. The van der Waals surface area contributed by atoms with Gasteiger partial charge in [-0.1, -0.05) is 43.5 Å². The van der Waals surface area contributed by atoms with Crippen molar-refractivity contribution in [2.24, 2.45) is 7.05 Å². The Labute approximate surface area is 168 Å². The molecule has 0 radical (unpaired) electrons. The minimum Gasteiger partial charge on any atom is -0.325 e. The number of imidazole rings is 1. The van der Waals surface area contributed by atoms with Gasteiger partial charge in [-0.3, -0.25) is 13.9 Å². The van der Waals surface area contributed by atoms with Crippen LogP contribution in [0.4, 0.5) is 0 Å². The predicted octanol–water partition coefficient (Wildman–Crippen LogP) is 3.67. The highest BCUT2D eigenvalue weighted by molar-refractivity contribution is 6.30. The molecule has 4 rings (SSSR count). The second-order valence-electron chi connectivity index (χ2n) is 7.63. The molecule has 28 heavy (non-hydrogen) atoms. The molecule has 148 valence electrons. The third kappa shape index (κ3) is 3.20. The van der Waals surface area contributed by atoms with E-state index in [2.05, 4.69) is 0 Å². The van der Waals surface area contributed by atoms with Crippen LogP contribution < -0.4 is 11.2 Å². The molecule has 0 N–H and O–H groups in total. The summed E-state index contributed by atoms with van der Waals surface area (Å²) < 4.78 is 4.89. The quantitative estimate of drug-likeness (QED) is 0.656. The predicted molar refractivity (Wildman–Crippen MR) is 111 cm³/mol. The van der Waals surface area contributed by atoms with Crippen molar-refractivity contribution in [2.75, 3.05) is 0 Å². The standard InChI is InChI=1S/C21H25ClN4O2/c1-3-12-25-19-17(24(2)18(23-19)15-6-4-5-7-15)20(27)26(21(25)28)13-14-8-10-16(22)11-9-14/h8-11,15H,3-7,12-13H2,1-2H3. The SMILES string of the molecule is CCCn1c(=O)n(Cc2ccc(Cl)cc2)c(=O)c2c1nc(C1CCCC1)n2C. The van der Waals surface area contributed by atoms with E-state index in [1.807, 2.05) is 30.7 Å². The van der Waals surface area contributed by atoms with Crippen LogP contribution in [0.2, 0.25) is 5.02 Å². The Kier molecular flexibility index (Phi) is 5.15. The fourth-order valence-corrected chi connectivity index (χ4v) is 4.39. The highest BCUT2D eigenvalue weighted by Crippen LogP contribution is 2.34. The van der Waals surface area contributed by atoms with Gasteiger partial charge in [0.05, 0.1) is 6.54 Å². The van der Waals surface area contributed by atoms with Crippen LogP contribution in [0.1, 0.15) is 56.3 Å². The lowest BCUT2D eigenvalue weighted by Crippen LogP contribution is -2.40. The Morgan fingerprint density at radius 1 is 1.11 bits per heavy atom. The number of aryl methyl sites for hydroxylation is 2. The third-order valence-corrected chi connectivity index (χ3v) is 5.95. The van der Waals surface area contributed by atoms with E-state index in [4.69, 9.17) is 16.6 Å². The van der Waals surface area contributed by atoms with E-state index in [1.54, 1.807) is 16.7 Å². The maximum atomic E-state index is 13.3. The fourth-order valence-electron chi connectivity index (χ4n) is 4.27. The molecule has 2 aromatic heterocycles. The first-order valence-electron chi connectivity index (χ1n) is 9.95. The first-order chi connectivity index (χ1) is 13.5. The van der Waals surface area contributed by atoms with Crippen molar-refractivity contribution in [1.29, 1.82) is 0 Å². The Morgan fingerprint density at radius 3 is 2.43 bits per heavy atom. The van der Waals surface area contributed by atoms with Gasteiger partial charge in [0.15, 0.2) is 11.2 Å². The molecule has 1 aliphatic rings. The monoisotopic (exact) mass is 400 g/mol. The van der Waals surface area contributed by atoms with Crippen molar-refractivity contribution in [1.82, 2.24) is 18.7 Å². The molecule has 0 aliphatic heterocycles. The molecular formula is C21H25ClN4O2. The van der Waals surface area contributed by atoms with Crippen LogP contribution in [0.5, 0.6) is 0 Å². The van der Waals surface area contributed by atoms with E-state index in [-0.39, 0.29) is 17.8 Å². The van der Waals surface area contributed by atoms with Crippen LogP contribution in [0, 0.1) is 0 Å². The van der Waals surface area contributed by atoms with Gasteiger partial charge in [0.25, 0.3) is 5.56 Å². The second-order valence-corrected chi connectivity index (χ2v) is 8.07. The number of hydrogen-bond acceptors (Lipinski definition) is 3. The summed E-state index contributed by atoms with van der Waals surface area (Å²) in [5, 5.41) is 0.628. The molecular weight excluding hydrogens is 376 g/mol. The van der Waals surface area contributed by atoms with Crippen molar-refractivity contribution >= 4 is 22.8 Å². The van der Waals surface area contributed by atoms with Gasteiger partial charge in [0, 0.05) is 24.5 Å². The molecule has 6 nitrogen and oxygen atoms in total. The number of fused-ring (bicyclic) bond motifs is 1. The summed E-state index contributed by atoms with van der Waals surface area (Å²) in [5.41, 5.74) is 1.33. The number of rotatable bonds is 5. The summed E-state index contributed by atoms with van der Waals surface area (Å²) in [5.74, 6) is 1.30. The molecule has 0 spiro atoms. The van der Waals surface area contributed by atoms with Crippen molar-refractivity contribution in [3.63, 3.8) is 0 Å². The average Bonchev–Trinajstić information content (AvgIpc) is 3.32. The van der Waals surface area contributed by atoms with E-state index in [0.717, 1.165) is 30.7 Å². The molecule has 0 saturated heterocycles. The van der Waals surface area contributed by atoms with E-state index in [1.165, 1.54) is 17.4 Å². The molecule has 1 saturated carbocycles. The number of aromatic nitrogens is 4. The Bertz CT molecular complexity index is 1120. The summed E-state index contributed by atoms with van der Waals surface area (Å²) in [6.45, 7) is 2.78.